The van der Waals surface area contributed by atoms with Crippen molar-refractivity contribution < 1.29 is 90.0 Å². The van der Waals surface area contributed by atoms with Gasteiger partial charge in [0, 0.05) is 43.8 Å². The van der Waals surface area contributed by atoms with Crippen LogP contribution >= 0.6 is 35.2 Å². The molecule has 0 saturated carbocycles. The Bertz CT molecular complexity index is 2050. The summed E-state index contributed by atoms with van der Waals surface area (Å²) in [6, 6.07) is 0. The monoisotopic (exact) mass is 995 g/mol. The van der Waals surface area contributed by atoms with E-state index in [2.05, 4.69) is 45.1 Å². The Morgan fingerprint density at radius 2 is 1.55 bits per heavy atom. The highest BCUT2D eigenvalue weighted by Crippen LogP contribution is 2.61. The van der Waals surface area contributed by atoms with Gasteiger partial charge in [-0.05, 0) is 33.6 Å². The number of phosphoric acid groups is 3. The molecule has 4 amide bonds. The number of thioether (sulfide) groups is 1. The Morgan fingerprint density at radius 3 is 2.20 bits per heavy atom. The standard InChI is InChI=1S/C32H56N9O19P3S/c1-31(2,3)58-30(47)37-10-7-6-9-34-21(43)15-64-13-12-35-20(42)8-11-36-28(46)25(45)32(4,5)16-56-63(53,54)60-62(51,52)55-14-19-24(59-61(48,49)50)23(44)29(57-19)41-18-40-22-26(33)38-17-39-27(22)41/h17-19,23-25,29,44-45H,6-16H2,1-5H3,(H,34,43)(H,35,42)(H,36,46)(H,37,47)(H,51,52)(H,53,54)(H2,33,38,39)(H2,48,49,50)/t19-,23-,24-,25+,29-/m1/s1. The number of nitrogens with zero attached hydrogens (tertiary/aromatic N) is 4. The van der Waals surface area contributed by atoms with Crippen LogP contribution in [-0.2, 0) is 55.4 Å². The molecule has 0 spiro atoms. The first-order valence-corrected chi connectivity index (χ1v) is 25.0. The maximum Gasteiger partial charge on any atom is 0.481 e. The van der Waals surface area contributed by atoms with Crippen LogP contribution in [0.3, 0.4) is 0 Å². The second-order valence-corrected chi connectivity index (χ2v) is 20.9. The number of fused-ring (bicyclic) bond motifs is 1. The second-order valence-electron chi connectivity index (χ2n) is 15.6. The second kappa shape index (κ2) is 23.9. The lowest BCUT2D eigenvalue weighted by atomic mass is 9.87. The maximum atomic E-state index is 12.7. The summed E-state index contributed by atoms with van der Waals surface area (Å²) in [5.41, 5.74) is 3.65. The Labute approximate surface area is 370 Å². The fraction of sp³-hybridized carbons (Fsp3) is 0.719. The van der Waals surface area contributed by atoms with Crippen LogP contribution in [0.1, 0.15) is 60.1 Å². The van der Waals surface area contributed by atoms with Crippen LogP contribution in [0.4, 0.5) is 10.6 Å². The number of rotatable bonds is 26. The molecule has 0 radical (unpaired) electrons. The number of carbonyl (C=O) groups excluding carboxylic acids is 4. The summed E-state index contributed by atoms with van der Waals surface area (Å²) in [5.74, 6) is -1.09. The van der Waals surface area contributed by atoms with E-state index in [-0.39, 0.29) is 48.2 Å². The molecule has 28 nitrogen and oxygen atoms in total. The van der Waals surface area contributed by atoms with Gasteiger partial charge in [0.05, 0.1) is 25.3 Å². The molecule has 1 fully saturated rings. The first-order valence-electron chi connectivity index (χ1n) is 19.3. The number of imidazole rings is 1. The molecule has 2 aromatic rings. The summed E-state index contributed by atoms with van der Waals surface area (Å²) in [4.78, 5) is 99.5. The average Bonchev–Trinajstić information content (AvgIpc) is 3.73. The number of aromatic nitrogens is 4. The number of unbranched alkanes of at least 4 members (excludes halogenated alkanes) is 1. The van der Waals surface area contributed by atoms with Crippen LogP contribution in [-0.4, -0.2) is 154 Å². The van der Waals surface area contributed by atoms with Crippen molar-refractivity contribution in [1.29, 1.82) is 0 Å². The molecule has 3 rings (SSSR count). The third-order valence-electron chi connectivity index (χ3n) is 8.47. The molecule has 1 aliphatic heterocycles. The van der Waals surface area contributed by atoms with Gasteiger partial charge in [0.25, 0.3) is 0 Å². The van der Waals surface area contributed by atoms with Gasteiger partial charge in [-0.25, -0.2) is 33.4 Å². The Hall–Kier alpha value is -3.37. The number of nitrogens with one attached hydrogen (secondary N) is 4. The van der Waals surface area contributed by atoms with Crippen molar-refractivity contribution in [1.82, 2.24) is 40.8 Å². The number of hydrogen-bond acceptors (Lipinski definition) is 20. The first kappa shape index (κ1) is 55.0. The molecule has 64 heavy (non-hydrogen) atoms. The van der Waals surface area contributed by atoms with E-state index < -0.39 is 96.2 Å². The van der Waals surface area contributed by atoms with Gasteiger partial charge in [-0.15, -0.1) is 0 Å². The minimum absolute atomic E-state index is 0.0241. The Morgan fingerprint density at radius 1 is 0.906 bits per heavy atom. The third kappa shape index (κ3) is 18.9. The van der Waals surface area contributed by atoms with E-state index in [4.69, 9.17) is 24.3 Å². The SMILES string of the molecule is CC(C)(C)OC(=O)NCCCCNC(=O)CSCCNC(=O)CCNC(=O)[C@H](O)C(C)(C)COP(=O)(O)OP(=O)(O)OC[C@H]1O[C@@H](n2cnc3c(N)ncnc32)[C@H](O)[C@@H]1OP(=O)(O)O. The average molecular weight is 996 g/mol. The van der Waals surface area contributed by atoms with Crippen LogP contribution < -0.4 is 27.0 Å². The van der Waals surface area contributed by atoms with Gasteiger partial charge in [0.1, 0.15) is 41.9 Å². The van der Waals surface area contributed by atoms with E-state index in [9.17, 15) is 62.7 Å². The van der Waals surface area contributed by atoms with Gasteiger partial charge in [-0.1, -0.05) is 13.8 Å². The molecule has 1 saturated heterocycles. The van der Waals surface area contributed by atoms with E-state index in [1.54, 1.807) is 20.8 Å². The molecule has 7 atom stereocenters. The summed E-state index contributed by atoms with van der Waals surface area (Å²) in [6.45, 7) is 6.58. The van der Waals surface area contributed by atoms with Crippen molar-refractivity contribution in [3.8, 4) is 0 Å². The molecule has 0 bridgehead atoms. The first-order chi connectivity index (χ1) is 29.6. The number of nitrogen functional groups attached to an aromatic ring is 1. The van der Waals surface area contributed by atoms with Crippen LogP contribution in [0, 0.1) is 5.41 Å². The van der Waals surface area contributed by atoms with Crippen molar-refractivity contribution >= 4 is 76.0 Å². The number of amides is 4. The Balaban J connectivity index is 1.35. The van der Waals surface area contributed by atoms with Gasteiger partial charge in [-0.3, -0.25) is 32.5 Å². The van der Waals surface area contributed by atoms with Crippen molar-refractivity contribution in [3.63, 3.8) is 0 Å². The zero-order valence-corrected chi connectivity index (χ0v) is 38.9. The van der Waals surface area contributed by atoms with E-state index in [1.807, 2.05) is 0 Å². The summed E-state index contributed by atoms with van der Waals surface area (Å²) < 4.78 is 67.4. The normalized spacial score (nSPS) is 20.5. The summed E-state index contributed by atoms with van der Waals surface area (Å²) >= 11 is 1.29. The number of anilines is 1. The van der Waals surface area contributed by atoms with E-state index >= 15 is 0 Å². The number of alkyl carbamates (subject to hydrolysis) is 1. The number of hydrogen-bond donors (Lipinski definition) is 11. The van der Waals surface area contributed by atoms with Crippen molar-refractivity contribution in [2.45, 2.75) is 90.1 Å². The van der Waals surface area contributed by atoms with Crippen molar-refractivity contribution in [2.75, 3.05) is 56.6 Å². The topological polar surface area (TPSA) is 414 Å². The number of nitrogens with two attached hydrogens (primary N) is 1. The summed E-state index contributed by atoms with van der Waals surface area (Å²) in [6.07, 6.45) is -6.21. The molecule has 0 aromatic carbocycles. The molecule has 2 unspecified atom stereocenters. The highest BCUT2D eigenvalue weighted by molar-refractivity contribution is 7.99. The number of aliphatic hydroxyl groups is 2. The number of phosphoric ester groups is 3. The third-order valence-corrected chi connectivity index (χ3v) is 12.5. The van der Waals surface area contributed by atoms with Crippen molar-refractivity contribution in [2.24, 2.45) is 5.41 Å². The quantitative estimate of drug-likeness (QED) is 0.0420. The minimum atomic E-state index is -5.59. The molecule has 364 valence electrons. The highest BCUT2D eigenvalue weighted by atomic mass is 32.2. The van der Waals surface area contributed by atoms with Crippen LogP contribution in [0.5, 0.6) is 0 Å². The molecule has 0 aliphatic carbocycles. The molecule has 32 heteroatoms. The van der Waals surface area contributed by atoms with E-state index in [0.29, 0.717) is 31.7 Å². The lowest BCUT2D eigenvalue weighted by Crippen LogP contribution is -2.46. The lowest BCUT2D eigenvalue weighted by molar-refractivity contribution is -0.137. The van der Waals surface area contributed by atoms with E-state index in [0.717, 1.165) is 17.2 Å². The highest BCUT2D eigenvalue weighted by Gasteiger charge is 2.50. The zero-order valence-electron chi connectivity index (χ0n) is 35.4. The summed E-state index contributed by atoms with van der Waals surface area (Å²) in [5, 5.41) is 31.9. The fourth-order valence-corrected chi connectivity index (χ4v) is 8.91. The molecule has 1 aliphatic rings. The minimum Gasteiger partial charge on any atom is -0.444 e. The smallest absolute Gasteiger partial charge is 0.444 e. The number of ether oxygens (including phenoxy) is 2. The predicted octanol–water partition coefficient (Wildman–Crippen LogP) is -0.441. The largest absolute Gasteiger partial charge is 0.481 e. The van der Waals surface area contributed by atoms with Gasteiger partial charge in [0.15, 0.2) is 17.7 Å². The molecule has 2 aromatic heterocycles. The Kier molecular flexibility index (Phi) is 20.5. The lowest BCUT2D eigenvalue weighted by Gasteiger charge is -2.30. The van der Waals surface area contributed by atoms with Crippen molar-refractivity contribution in [3.05, 3.63) is 12.7 Å². The molecule has 3 heterocycles. The number of aliphatic hydroxyl groups excluding tert-OH is 2. The van der Waals surface area contributed by atoms with Gasteiger partial charge in [-0.2, -0.15) is 16.1 Å². The van der Waals surface area contributed by atoms with Crippen LogP contribution in [0.2, 0.25) is 0 Å². The fourth-order valence-electron chi connectivity index (χ4n) is 5.40. The maximum absolute atomic E-state index is 12.7. The van der Waals surface area contributed by atoms with Crippen LogP contribution in [0.15, 0.2) is 12.7 Å². The molecular weight excluding hydrogens is 939 g/mol. The summed E-state index contributed by atoms with van der Waals surface area (Å²) in [7, 11) is -16.4. The van der Waals surface area contributed by atoms with E-state index in [1.165, 1.54) is 25.6 Å². The van der Waals surface area contributed by atoms with Gasteiger partial charge >= 0.3 is 29.6 Å². The van der Waals surface area contributed by atoms with Crippen LogP contribution in [0.25, 0.3) is 11.2 Å². The van der Waals surface area contributed by atoms with Gasteiger partial charge in [0.2, 0.25) is 17.7 Å². The molecule has 12 N–H and O–H groups in total. The van der Waals surface area contributed by atoms with Gasteiger partial charge < -0.3 is 66.3 Å². The molecular formula is C32H56N9O19P3S. The number of carbonyl (C=O) groups is 4. The zero-order chi connectivity index (χ0) is 48.1. The predicted molar refractivity (Wildman–Crippen MR) is 223 cm³/mol.